The average Bonchev–Trinajstić information content (AvgIpc) is 2.42. The quantitative estimate of drug-likeness (QED) is 0.569. The lowest BCUT2D eigenvalue weighted by atomic mass is 10.7. The zero-order valence-electron chi connectivity index (χ0n) is 5.06. The molecule has 1 aliphatic rings. The summed E-state index contributed by atoms with van der Waals surface area (Å²) in [6.45, 7) is 0.611. The second kappa shape index (κ2) is 1.99. The van der Waals surface area contributed by atoms with Crippen LogP contribution in [-0.2, 0) is 11.1 Å². The number of imidazole rings is 1. The van der Waals surface area contributed by atoms with Gasteiger partial charge in [0, 0.05) is 12.4 Å². The maximum atomic E-state index is 10.3. The maximum absolute atomic E-state index is 10.3. The molecule has 1 aliphatic heterocycles. The molecule has 50 valence electrons. The average molecular weight is 153 g/mol. The Kier molecular flexibility index (Phi) is 1.14. The molecule has 0 saturated carbocycles. The Morgan fingerprint density at radius 1 is 1.70 bits per heavy atom. The molecule has 0 unspecified atom stereocenters. The highest BCUT2D eigenvalue weighted by Crippen LogP contribution is 2.20. The summed E-state index contributed by atoms with van der Waals surface area (Å²) in [6.07, 6.45) is 3.49. The van der Waals surface area contributed by atoms with Gasteiger partial charge in [0.1, 0.15) is 5.45 Å². The van der Waals surface area contributed by atoms with Crippen molar-refractivity contribution in [1.29, 1.82) is 0 Å². The lowest BCUT2D eigenvalue weighted by Crippen LogP contribution is -1.93. The minimum Gasteiger partial charge on any atom is -0.309 e. The van der Waals surface area contributed by atoms with Gasteiger partial charge in [-0.3, -0.25) is 4.57 Å². The van der Waals surface area contributed by atoms with E-state index in [1.54, 1.807) is 6.20 Å². The van der Waals surface area contributed by atoms with Gasteiger partial charge in [-0.25, -0.2) is 9.98 Å². The molecule has 0 saturated heterocycles. The van der Waals surface area contributed by atoms with E-state index in [1.807, 2.05) is 10.8 Å². The molecule has 1 aromatic heterocycles. The molecule has 0 atom stereocenters. The molecular weight excluding hydrogens is 149 g/mol. The molecule has 0 spiro atoms. The van der Waals surface area contributed by atoms with Crippen molar-refractivity contribution in [3.63, 3.8) is 0 Å². The molecule has 0 radical (unpaired) electrons. The third-order valence-corrected chi connectivity index (χ3v) is 1.79. The predicted octanol–water partition coefficient (Wildman–Crippen LogP) is 1.22. The van der Waals surface area contributed by atoms with Crippen molar-refractivity contribution in [1.82, 2.24) is 9.55 Å². The van der Waals surface area contributed by atoms with Crippen molar-refractivity contribution in [3.05, 3.63) is 12.4 Å². The van der Waals surface area contributed by atoms with Crippen LogP contribution < -0.4 is 0 Å². The summed E-state index contributed by atoms with van der Waals surface area (Å²) in [5.74, 6) is 0.651. The normalized spacial score (nSPS) is 15.4. The van der Waals surface area contributed by atoms with E-state index >= 15 is 0 Å². The Balaban J connectivity index is 2.45. The third kappa shape index (κ3) is 0.693. The fraction of sp³-hybridized carbons (Fsp3) is 0.200. The van der Waals surface area contributed by atoms with Crippen molar-refractivity contribution in [2.24, 2.45) is 4.99 Å². The smallest absolute Gasteiger partial charge is 0.230 e. The van der Waals surface area contributed by atoms with Gasteiger partial charge in [0.2, 0.25) is 14.4 Å². The SMILES string of the molecule is O=PC1=Nc2nccn2C1. The first-order valence-corrected chi connectivity index (χ1v) is 3.63. The molecule has 4 nitrogen and oxygen atoms in total. The monoisotopic (exact) mass is 153 g/mol. The highest BCUT2D eigenvalue weighted by molar-refractivity contribution is 7.46. The summed E-state index contributed by atoms with van der Waals surface area (Å²) in [4.78, 5) is 7.90. The Bertz CT molecular complexity index is 304. The first-order valence-electron chi connectivity index (χ1n) is 2.82. The van der Waals surface area contributed by atoms with Crippen LogP contribution in [0.2, 0.25) is 0 Å². The van der Waals surface area contributed by atoms with E-state index in [2.05, 4.69) is 9.98 Å². The van der Waals surface area contributed by atoms with Gasteiger partial charge in [-0.2, -0.15) is 0 Å². The number of hydrogen-bond donors (Lipinski definition) is 0. The van der Waals surface area contributed by atoms with E-state index in [1.165, 1.54) is 0 Å². The molecule has 0 bridgehead atoms. The van der Waals surface area contributed by atoms with Gasteiger partial charge in [-0.1, -0.05) is 0 Å². The van der Waals surface area contributed by atoms with Gasteiger partial charge in [0.25, 0.3) is 0 Å². The van der Waals surface area contributed by atoms with Gasteiger partial charge in [0.15, 0.2) is 0 Å². The second-order valence-electron chi connectivity index (χ2n) is 1.97. The summed E-state index contributed by atoms with van der Waals surface area (Å²) in [5, 5.41) is 0. The van der Waals surface area contributed by atoms with Crippen LogP contribution >= 0.6 is 8.46 Å². The second-order valence-corrected chi connectivity index (χ2v) is 2.67. The summed E-state index contributed by atoms with van der Waals surface area (Å²) in [7, 11) is -0.00167. The molecule has 0 aliphatic carbocycles. The molecule has 2 heterocycles. The van der Waals surface area contributed by atoms with Crippen molar-refractivity contribution in [3.8, 4) is 0 Å². The minimum atomic E-state index is -0.00167. The Hall–Kier alpha value is -1.02. The maximum Gasteiger partial charge on any atom is 0.230 e. The van der Waals surface area contributed by atoms with E-state index in [0.717, 1.165) is 0 Å². The lowest BCUT2D eigenvalue weighted by Gasteiger charge is -1.87. The van der Waals surface area contributed by atoms with Crippen molar-refractivity contribution >= 4 is 19.9 Å². The number of rotatable bonds is 1. The Morgan fingerprint density at radius 3 is 3.30 bits per heavy atom. The van der Waals surface area contributed by atoms with Crippen LogP contribution in [0.5, 0.6) is 0 Å². The van der Waals surface area contributed by atoms with E-state index in [-0.39, 0.29) is 8.46 Å². The molecule has 0 N–H and O–H groups in total. The number of aliphatic imine (C=N–C) groups is 1. The van der Waals surface area contributed by atoms with Gasteiger partial charge in [0.05, 0.1) is 6.54 Å². The fourth-order valence-corrected chi connectivity index (χ4v) is 1.23. The topological polar surface area (TPSA) is 47.2 Å². The number of nitrogens with zero attached hydrogens (tertiary/aromatic N) is 3. The first-order chi connectivity index (χ1) is 4.90. The Labute approximate surface area is 58.8 Å². The predicted molar refractivity (Wildman–Crippen MR) is 36.9 cm³/mol. The lowest BCUT2D eigenvalue weighted by molar-refractivity contribution is 0.603. The number of hydrogen-bond acceptors (Lipinski definition) is 3. The zero-order chi connectivity index (χ0) is 6.97. The van der Waals surface area contributed by atoms with Crippen LogP contribution in [0.4, 0.5) is 5.95 Å². The Morgan fingerprint density at radius 2 is 2.60 bits per heavy atom. The van der Waals surface area contributed by atoms with Crippen LogP contribution in [0.25, 0.3) is 0 Å². The highest BCUT2D eigenvalue weighted by atomic mass is 31.1. The van der Waals surface area contributed by atoms with Gasteiger partial charge < -0.3 is 4.57 Å². The number of aromatic nitrogens is 2. The van der Waals surface area contributed by atoms with Crippen LogP contribution in [0, 0.1) is 0 Å². The third-order valence-electron chi connectivity index (χ3n) is 1.34. The van der Waals surface area contributed by atoms with Crippen molar-refractivity contribution in [2.75, 3.05) is 0 Å². The van der Waals surface area contributed by atoms with Crippen LogP contribution in [0.3, 0.4) is 0 Å². The van der Waals surface area contributed by atoms with E-state index in [4.69, 9.17) is 0 Å². The minimum absolute atomic E-state index is 0.00167. The largest absolute Gasteiger partial charge is 0.309 e. The number of fused-ring (bicyclic) bond motifs is 1. The summed E-state index contributed by atoms with van der Waals surface area (Å²) in [6, 6.07) is 0. The molecule has 0 amide bonds. The summed E-state index contributed by atoms with van der Waals surface area (Å²) < 4.78 is 12.1. The van der Waals surface area contributed by atoms with Gasteiger partial charge >= 0.3 is 0 Å². The van der Waals surface area contributed by atoms with Gasteiger partial charge in [-0.05, 0) is 0 Å². The highest BCUT2D eigenvalue weighted by Gasteiger charge is 2.12. The molecule has 0 aromatic carbocycles. The molecule has 5 heteroatoms. The van der Waals surface area contributed by atoms with E-state index < -0.39 is 0 Å². The van der Waals surface area contributed by atoms with Crippen LogP contribution in [0.1, 0.15) is 0 Å². The van der Waals surface area contributed by atoms with Crippen molar-refractivity contribution in [2.45, 2.75) is 6.54 Å². The molecule has 10 heavy (non-hydrogen) atoms. The molecular formula is C5H4N3OP. The van der Waals surface area contributed by atoms with Crippen molar-refractivity contribution < 1.29 is 4.57 Å². The van der Waals surface area contributed by atoms with E-state index in [0.29, 0.717) is 17.9 Å². The summed E-state index contributed by atoms with van der Waals surface area (Å²) in [5.41, 5.74) is 0.642. The van der Waals surface area contributed by atoms with Crippen LogP contribution in [0.15, 0.2) is 17.4 Å². The summed E-state index contributed by atoms with van der Waals surface area (Å²) >= 11 is 0. The fourth-order valence-electron chi connectivity index (χ4n) is 0.890. The van der Waals surface area contributed by atoms with Gasteiger partial charge in [-0.15, -0.1) is 0 Å². The zero-order valence-corrected chi connectivity index (χ0v) is 5.95. The first kappa shape index (κ1) is 5.74. The molecule has 2 rings (SSSR count). The van der Waals surface area contributed by atoms with Crippen LogP contribution in [-0.4, -0.2) is 15.0 Å². The molecule has 0 fully saturated rings. The van der Waals surface area contributed by atoms with E-state index in [9.17, 15) is 4.57 Å². The molecule has 1 aromatic rings. The standard InChI is InChI=1S/C5H4N3OP/c9-10-4-3-8-2-1-6-5(8)7-4/h1-2H,3H2.